The molecule has 1 rings (SSSR count). The highest BCUT2D eigenvalue weighted by Crippen LogP contribution is 2.20. The Balaban J connectivity index is 2.75. The minimum absolute atomic E-state index is 0.152. The van der Waals surface area contributed by atoms with Crippen molar-refractivity contribution in [2.45, 2.75) is 13.8 Å². The fraction of sp³-hybridized carbons (Fsp3) is 0.333. The highest BCUT2D eigenvalue weighted by molar-refractivity contribution is 9.11. The molecule has 18 heavy (non-hydrogen) atoms. The van der Waals surface area contributed by atoms with E-state index in [1.807, 2.05) is 19.9 Å². The molecule has 98 valence electrons. The van der Waals surface area contributed by atoms with Crippen LogP contribution >= 0.6 is 44.1 Å². The van der Waals surface area contributed by atoms with E-state index in [1.165, 1.54) is 0 Å². The van der Waals surface area contributed by atoms with Crippen molar-refractivity contribution in [1.29, 1.82) is 0 Å². The summed E-state index contributed by atoms with van der Waals surface area (Å²) in [5, 5.41) is 2.83. The van der Waals surface area contributed by atoms with Crippen molar-refractivity contribution in [3.05, 3.63) is 32.7 Å². The molecule has 0 heterocycles. The molecule has 0 aliphatic rings. The first-order valence-corrected chi connectivity index (χ1v) is 7.26. The zero-order valence-electron chi connectivity index (χ0n) is 10.1. The van der Waals surface area contributed by atoms with Crippen molar-refractivity contribution < 1.29 is 4.79 Å². The molecule has 6 heteroatoms. The summed E-state index contributed by atoms with van der Waals surface area (Å²) in [4.78, 5) is 12.4. The topological polar surface area (TPSA) is 55.1 Å². The van der Waals surface area contributed by atoms with Crippen molar-refractivity contribution in [2.75, 3.05) is 6.54 Å². The lowest BCUT2D eigenvalue weighted by Gasteiger charge is -2.23. The highest BCUT2D eigenvalue weighted by atomic mass is 79.9. The maximum Gasteiger partial charge on any atom is 0.251 e. The molecule has 0 aromatic heterocycles. The van der Waals surface area contributed by atoms with Gasteiger partial charge in [-0.2, -0.15) is 0 Å². The van der Waals surface area contributed by atoms with Gasteiger partial charge >= 0.3 is 0 Å². The molecule has 0 aliphatic heterocycles. The lowest BCUT2D eigenvalue weighted by Crippen LogP contribution is -2.41. The van der Waals surface area contributed by atoms with Crippen LogP contribution in [0.5, 0.6) is 0 Å². The Kier molecular flexibility index (Phi) is 5.31. The van der Waals surface area contributed by atoms with Crippen molar-refractivity contribution >= 4 is 55.0 Å². The number of thiocarbonyl (C=S) groups is 1. The van der Waals surface area contributed by atoms with E-state index in [4.69, 9.17) is 18.0 Å². The number of amides is 1. The Morgan fingerprint density at radius 3 is 2.28 bits per heavy atom. The van der Waals surface area contributed by atoms with E-state index in [9.17, 15) is 4.79 Å². The second-order valence-corrected chi connectivity index (χ2v) is 6.86. The average Bonchev–Trinajstić information content (AvgIpc) is 2.24. The van der Waals surface area contributed by atoms with Gasteiger partial charge in [-0.25, -0.2) is 0 Å². The summed E-state index contributed by atoms with van der Waals surface area (Å²) in [5.41, 5.74) is 5.79. The summed E-state index contributed by atoms with van der Waals surface area (Å²) < 4.78 is 1.69. The molecule has 3 N–H and O–H groups in total. The van der Waals surface area contributed by atoms with Crippen molar-refractivity contribution in [1.82, 2.24) is 5.32 Å². The molecular formula is C12H14Br2N2OS. The largest absolute Gasteiger partial charge is 0.393 e. The zero-order valence-corrected chi connectivity index (χ0v) is 14.1. The Hall–Kier alpha value is -0.460. The summed E-state index contributed by atoms with van der Waals surface area (Å²) >= 11 is 11.6. The minimum Gasteiger partial charge on any atom is -0.393 e. The van der Waals surface area contributed by atoms with Crippen molar-refractivity contribution in [3.8, 4) is 0 Å². The van der Waals surface area contributed by atoms with Crippen LogP contribution in [0, 0.1) is 5.41 Å². The van der Waals surface area contributed by atoms with Gasteiger partial charge in [-0.1, -0.05) is 57.9 Å². The number of hydrogen-bond donors (Lipinski definition) is 2. The molecule has 0 aliphatic carbocycles. The second-order valence-electron chi connectivity index (χ2n) is 4.59. The first-order chi connectivity index (χ1) is 8.22. The Morgan fingerprint density at radius 2 is 1.83 bits per heavy atom. The zero-order chi connectivity index (χ0) is 13.9. The third-order valence-corrected chi connectivity index (χ3v) is 3.95. The quantitative estimate of drug-likeness (QED) is 0.772. The van der Waals surface area contributed by atoms with E-state index in [-0.39, 0.29) is 5.91 Å². The van der Waals surface area contributed by atoms with E-state index in [0.717, 1.165) is 8.95 Å². The van der Waals surface area contributed by atoms with Crippen LogP contribution in [0.25, 0.3) is 0 Å². The first-order valence-electron chi connectivity index (χ1n) is 5.26. The summed E-state index contributed by atoms with van der Waals surface area (Å²) in [6, 6.07) is 5.39. The minimum atomic E-state index is -0.395. The van der Waals surface area contributed by atoms with Gasteiger partial charge in [0.05, 0.1) is 4.99 Å². The third-order valence-electron chi connectivity index (χ3n) is 2.48. The van der Waals surface area contributed by atoms with E-state index >= 15 is 0 Å². The van der Waals surface area contributed by atoms with Gasteiger partial charge < -0.3 is 11.1 Å². The van der Waals surface area contributed by atoms with Gasteiger partial charge in [0.2, 0.25) is 0 Å². The lowest BCUT2D eigenvalue weighted by molar-refractivity contribution is 0.0945. The lowest BCUT2D eigenvalue weighted by atomic mass is 9.93. The van der Waals surface area contributed by atoms with Gasteiger partial charge in [-0.05, 0) is 18.2 Å². The van der Waals surface area contributed by atoms with Gasteiger partial charge in [0.15, 0.2) is 0 Å². The number of carbonyl (C=O) groups is 1. The molecule has 1 aromatic carbocycles. The molecule has 1 aromatic rings. The molecule has 0 fully saturated rings. The van der Waals surface area contributed by atoms with Gasteiger partial charge in [0.25, 0.3) is 5.91 Å². The Labute approximate surface area is 129 Å². The summed E-state index contributed by atoms with van der Waals surface area (Å²) in [6.45, 7) is 4.20. The molecule has 0 unspecified atom stereocenters. The molecule has 1 amide bonds. The fourth-order valence-corrected chi connectivity index (χ4v) is 2.54. The Bertz CT molecular complexity index is 469. The Morgan fingerprint density at radius 1 is 1.33 bits per heavy atom. The summed E-state index contributed by atoms with van der Waals surface area (Å²) in [7, 11) is 0. The van der Waals surface area contributed by atoms with Crippen LogP contribution in [-0.2, 0) is 0 Å². The summed E-state index contributed by atoms with van der Waals surface area (Å²) in [5.74, 6) is -0.152. The van der Waals surface area contributed by atoms with Crippen LogP contribution in [0.2, 0.25) is 0 Å². The van der Waals surface area contributed by atoms with E-state index in [0.29, 0.717) is 17.1 Å². The molecule has 0 atom stereocenters. The van der Waals surface area contributed by atoms with Crippen molar-refractivity contribution in [2.24, 2.45) is 11.1 Å². The maximum atomic E-state index is 12.0. The van der Waals surface area contributed by atoms with E-state index < -0.39 is 5.41 Å². The predicted molar refractivity (Wildman–Crippen MR) is 84.7 cm³/mol. The molecule has 0 saturated carbocycles. The molecular weight excluding hydrogens is 380 g/mol. The normalized spacial score (nSPS) is 11.1. The van der Waals surface area contributed by atoms with Crippen molar-refractivity contribution in [3.63, 3.8) is 0 Å². The number of rotatable bonds is 4. The van der Waals surface area contributed by atoms with E-state index in [1.54, 1.807) is 12.1 Å². The number of nitrogens with one attached hydrogen (secondary N) is 1. The number of hydrogen-bond acceptors (Lipinski definition) is 2. The van der Waals surface area contributed by atoms with Crippen LogP contribution in [0.1, 0.15) is 24.2 Å². The molecule has 0 bridgehead atoms. The van der Waals surface area contributed by atoms with Gasteiger partial charge in [-0.15, -0.1) is 0 Å². The smallest absolute Gasteiger partial charge is 0.251 e. The predicted octanol–water partition coefficient (Wildman–Crippen LogP) is 3.25. The van der Waals surface area contributed by atoms with Gasteiger partial charge in [0.1, 0.15) is 0 Å². The van der Waals surface area contributed by atoms with Gasteiger partial charge in [-0.3, -0.25) is 4.79 Å². The monoisotopic (exact) mass is 392 g/mol. The SMILES string of the molecule is CC(C)(CNC(=O)c1cc(Br)cc(Br)c1)C(N)=S. The number of nitrogens with two attached hydrogens (primary N) is 1. The molecule has 0 spiro atoms. The molecule has 0 radical (unpaired) electrons. The first kappa shape index (κ1) is 15.6. The van der Waals surface area contributed by atoms with Crippen LogP contribution in [-0.4, -0.2) is 17.4 Å². The van der Waals surface area contributed by atoms with E-state index in [2.05, 4.69) is 37.2 Å². The molecule has 0 saturated heterocycles. The average molecular weight is 394 g/mol. The third kappa shape index (κ3) is 4.33. The van der Waals surface area contributed by atoms with Crippen LogP contribution in [0.4, 0.5) is 0 Å². The summed E-state index contributed by atoms with van der Waals surface area (Å²) in [6.07, 6.45) is 0. The maximum absolute atomic E-state index is 12.0. The van der Waals surface area contributed by atoms with Crippen LogP contribution in [0.3, 0.4) is 0 Å². The number of benzene rings is 1. The number of halogens is 2. The second kappa shape index (κ2) is 6.12. The number of carbonyl (C=O) groups excluding carboxylic acids is 1. The van der Waals surface area contributed by atoms with Crippen LogP contribution in [0.15, 0.2) is 27.1 Å². The van der Waals surface area contributed by atoms with Crippen LogP contribution < -0.4 is 11.1 Å². The van der Waals surface area contributed by atoms with Gasteiger partial charge in [0, 0.05) is 26.5 Å². The standard InChI is InChI=1S/C12H14Br2N2OS/c1-12(2,11(15)18)6-16-10(17)7-3-8(13)5-9(14)4-7/h3-5H,6H2,1-2H3,(H2,15,18)(H,16,17). The fourth-order valence-electron chi connectivity index (χ4n) is 1.18. The molecule has 3 nitrogen and oxygen atoms in total. The highest BCUT2D eigenvalue weighted by Gasteiger charge is 2.22.